The highest BCUT2D eigenvalue weighted by molar-refractivity contribution is 6.30. The van der Waals surface area contributed by atoms with Gasteiger partial charge in [-0.25, -0.2) is 9.78 Å². The Labute approximate surface area is 128 Å². The smallest absolute Gasteiger partial charge is 0.328 e. The summed E-state index contributed by atoms with van der Waals surface area (Å²) in [5.41, 5.74) is 1.85. The summed E-state index contributed by atoms with van der Waals surface area (Å²) < 4.78 is 0. The highest BCUT2D eigenvalue weighted by Crippen LogP contribution is 2.16. The lowest BCUT2D eigenvalue weighted by Gasteiger charge is -2.18. The van der Waals surface area contributed by atoms with Crippen LogP contribution in [0.5, 0.6) is 0 Å². The van der Waals surface area contributed by atoms with Crippen molar-refractivity contribution >= 4 is 29.5 Å². The van der Waals surface area contributed by atoms with Gasteiger partial charge in [-0.05, 0) is 41.5 Å². The van der Waals surface area contributed by atoms with Crippen LogP contribution < -0.4 is 4.90 Å². The Morgan fingerprint density at radius 3 is 2.81 bits per heavy atom. The van der Waals surface area contributed by atoms with Crippen LogP contribution >= 0.6 is 11.6 Å². The van der Waals surface area contributed by atoms with Gasteiger partial charge in [-0.2, -0.15) is 0 Å². The third-order valence-electron chi connectivity index (χ3n) is 2.89. The minimum atomic E-state index is -0.975. The van der Waals surface area contributed by atoms with Gasteiger partial charge in [-0.15, -0.1) is 0 Å². The molecule has 0 saturated carbocycles. The van der Waals surface area contributed by atoms with Crippen molar-refractivity contribution in [2.75, 3.05) is 11.9 Å². The first-order chi connectivity index (χ1) is 10.0. The zero-order chi connectivity index (χ0) is 15.2. The predicted octanol–water partition coefficient (Wildman–Crippen LogP) is 3.47. The number of halogens is 1. The van der Waals surface area contributed by atoms with Crippen LogP contribution in [0.15, 0.2) is 48.7 Å². The molecule has 5 heteroatoms. The topological polar surface area (TPSA) is 53.4 Å². The first-order valence-electron chi connectivity index (χ1n) is 6.37. The minimum Gasteiger partial charge on any atom is -0.478 e. The molecule has 0 aliphatic rings. The SMILES string of the molecule is CN(Cc1cccc(Cl)c1)c1ccc(/C=C/C(=O)O)cn1. The van der Waals surface area contributed by atoms with E-state index in [1.54, 1.807) is 6.20 Å². The van der Waals surface area contributed by atoms with Gasteiger partial charge >= 0.3 is 5.97 Å². The fourth-order valence-electron chi connectivity index (χ4n) is 1.88. The molecule has 1 aromatic heterocycles. The first-order valence-corrected chi connectivity index (χ1v) is 6.75. The van der Waals surface area contributed by atoms with Crippen LogP contribution in [0.3, 0.4) is 0 Å². The normalized spacial score (nSPS) is 10.8. The zero-order valence-electron chi connectivity index (χ0n) is 11.5. The van der Waals surface area contributed by atoms with E-state index in [1.807, 2.05) is 48.3 Å². The van der Waals surface area contributed by atoms with Crippen molar-refractivity contribution < 1.29 is 9.90 Å². The van der Waals surface area contributed by atoms with E-state index in [9.17, 15) is 4.79 Å². The minimum absolute atomic E-state index is 0.692. The number of benzene rings is 1. The number of hydrogen-bond acceptors (Lipinski definition) is 3. The van der Waals surface area contributed by atoms with Gasteiger partial charge in [0.1, 0.15) is 5.82 Å². The molecule has 0 spiro atoms. The van der Waals surface area contributed by atoms with Gasteiger partial charge in [0.05, 0.1) is 0 Å². The van der Waals surface area contributed by atoms with Crippen LogP contribution in [0.25, 0.3) is 6.08 Å². The van der Waals surface area contributed by atoms with Crippen LogP contribution in [0.2, 0.25) is 5.02 Å². The maximum absolute atomic E-state index is 10.5. The molecule has 4 nitrogen and oxygen atoms in total. The molecular weight excluding hydrogens is 288 g/mol. The van der Waals surface area contributed by atoms with Crippen molar-refractivity contribution in [2.45, 2.75) is 6.54 Å². The van der Waals surface area contributed by atoms with Gasteiger partial charge in [0, 0.05) is 30.9 Å². The summed E-state index contributed by atoms with van der Waals surface area (Å²) in [6.45, 7) is 0.692. The molecule has 1 heterocycles. The van der Waals surface area contributed by atoms with Gasteiger partial charge in [-0.1, -0.05) is 23.7 Å². The van der Waals surface area contributed by atoms with Gasteiger partial charge in [-0.3, -0.25) is 0 Å². The van der Waals surface area contributed by atoms with E-state index in [0.29, 0.717) is 11.6 Å². The average Bonchev–Trinajstić information content (AvgIpc) is 2.45. The molecule has 0 radical (unpaired) electrons. The molecule has 0 atom stereocenters. The maximum Gasteiger partial charge on any atom is 0.328 e. The van der Waals surface area contributed by atoms with Crippen molar-refractivity contribution in [2.24, 2.45) is 0 Å². The van der Waals surface area contributed by atoms with Crippen LogP contribution in [-0.2, 0) is 11.3 Å². The van der Waals surface area contributed by atoms with Gasteiger partial charge in [0.15, 0.2) is 0 Å². The largest absolute Gasteiger partial charge is 0.478 e. The average molecular weight is 303 g/mol. The number of carbonyl (C=O) groups is 1. The second kappa shape index (κ2) is 6.90. The molecular formula is C16H15ClN2O2. The molecule has 0 amide bonds. The number of pyridine rings is 1. The van der Waals surface area contributed by atoms with Crippen LogP contribution in [0, 0.1) is 0 Å². The number of aliphatic carboxylic acids is 1. The van der Waals surface area contributed by atoms with Gasteiger partial charge in [0.2, 0.25) is 0 Å². The molecule has 1 aromatic carbocycles. The molecule has 0 unspecified atom stereocenters. The lowest BCUT2D eigenvalue weighted by Crippen LogP contribution is -2.17. The summed E-state index contributed by atoms with van der Waals surface area (Å²) in [5, 5.41) is 9.29. The Hall–Kier alpha value is -2.33. The van der Waals surface area contributed by atoms with E-state index in [0.717, 1.165) is 23.0 Å². The van der Waals surface area contributed by atoms with Crippen LogP contribution in [-0.4, -0.2) is 23.1 Å². The van der Waals surface area contributed by atoms with Crippen LogP contribution in [0.4, 0.5) is 5.82 Å². The quantitative estimate of drug-likeness (QED) is 0.859. The monoisotopic (exact) mass is 302 g/mol. The molecule has 0 saturated heterocycles. The predicted molar refractivity (Wildman–Crippen MR) is 84.5 cm³/mol. The zero-order valence-corrected chi connectivity index (χ0v) is 12.3. The Morgan fingerprint density at radius 2 is 2.19 bits per heavy atom. The Balaban J connectivity index is 2.06. The summed E-state index contributed by atoms with van der Waals surface area (Å²) in [4.78, 5) is 16.8. The number of carboxylic acid groups (broad SMARTS) is 1. The maximum atomic E-state index is 10.5. The number of nitrogens with zero attached hydrogens (tertiary/aromatic N) is 2. The third-order valence-corrected chi connectivity index (χ3v) is 3.12. The second-order valence-corrected chi connectivity index (χ2v) is 5.04. The summed E-state index contributed by atoms with van der Waals surface area (Å²) in [5.74, 6) is -0.167. The van der Waals surface area contributed by atoms with Crippen molar-refractivity contribution in [3.05, 3.63) is 64.8 Å². The van der Waals surface area contributed by atoms with Crippen molar-refractivity contribution in [1.29, 1.82) is 0 Å². The molecule has 108 valence electrons. The van der Waals surface area contributed by atoms with Crippen LogP contribution in [0.1, 0.15) is 11.1 Å². The van der Waals surface area contributed by atoms with Crippen molar-refractivity contribution in [1.82, 2.24) is 4.98 Å². The summed E-state index contributed by atoms with van der Waals surface area (Å²) in [6, 6.07) is 11.4. The number of hydrogen-bond donors (Lipinski definition) is 1. The summed E-state index contributed by atoms with van der Waals surface area (Å²) in [7, 11) is 1.94. The molecule has 21 heavy (non-hydrogen) atoms. The standard InChI is InChI=1S/C16H15ClN2O2/c1-19(11-13-3-2-4-14(17)9-13)15-7-5-12(10-18-15)6-8-16(20)21/h2-10H,11H2,1H3,(H,20,21)/b8-6+. The van der Waals surface area contributed by atoms with E-state index < -0.39 is 5.97 Å². The second-order valence-electron chi connectivity index (χ2n) is 4.61. The number of aromatic nitrogens is 1. The number of rotatable bonds is 5. The Bertz CT molecular complexity index is 654. The molecule has 0 aliphatic heterocycles. The van der Waals surface area contributed by atoms with Gasteiger partial charge in [0.25, 0.3) is 0 Å². The first kappa shape index (κ1) is 15.1. The fraction of sp³-hybridized carbons (Fsp3) is 0.125. The highest BCUT2D eigenvalue weighted by Gasteiger charge is 2.04. The Morgan fingerprint density at radius 1 is 1.38 bits per heavy atom. The molecule has 0 fully saturated rings. The molecule has 2 rings (SSSR count). The van der Waals surface area contributed by atoms with E-state index in [-0.39, 0.29) is 0 Å². The van der Waals surface area contributed by atoms with E-state index in [2.05, 4.69) is 4.98 Å². The lowest BCUT2D eigenvalue weighted by molar-refractivity contribution is -0.131. The van der Waals surface area contributed by atoms with E-state index in [4.69, 9.17) is 16.7 Å². The van der Waals surface area contributed by atoms with E-state index >= 15 is 0 Å². The Kier molecular flexibility index (Phi) is 4.95. The molecule has 0 bridgehead atoms. The van der Waals surface area contributed by atoms with Gasteiger partial charge < -0.3 is 10.0 Å². The van der Waals surface area contributed by atoms with Crippen molar-refractivity contribution in [3.63, 3.8) is 0 Å². The molecule has 0 aliphatic carbocycles. The third kappa shape index (κ3) is 4.61. The number of anilines is 1. The van der Waals surface area contributed by atoms with E-state index in [1.165, 1.54) is 6.08 Å². The molecule has 2 aromatic rings. The number of carboxylic acids is 1. The highest BCUT2D eigenvalue weighted by atomic mass is 35.5. The summed E-state index contributed by atoms with van der Waals surface area (Å²) in [6.07, 6.45) is 4.24. The van der Waals surface area contributed by atoms with Crippen molar-refractivity contribution in [3.8, 4) is 0 Å². The lowest BCUT2D eigenvalue weighted by atomic mass is 10.2. The summed E-state index contributed by atoms with van der Waals surface area (Å²) >= 11 is 5.97. The molecule has 1 N–H and O–H groups in total. The fourth-order valence-corrected chi connectivity index (χ4v) is 2.09.